The van der Waals surface area contributed by atoms with E-state index in [2.05, 4.69) is 36.5 Å². The molecule has 0 atom stereocenters. The van der Waals surface area contributed by atoms with Crippen molar-refractivity contribution in [2.24, 2.45) is 5.73 Å². The van der Waals surface area contributed by atoms with Gasteiger partial charge in [0.05, 0.1) is 0 Å². The summed E-state index contributed by atoms with van der Waals surface area (Å²) in [7, 11) is 0. The standard InChI is InChI=1S/C13H16BrN5/c1-9-17-12(16-6-5-15)8-13(18-9)19-11-4-2-3-10(14)7-11/h2-4,7-8H,5-6,15H2,1H3,(H2,16,17,18,19). The Balaban J connectivity index is 2.17. The zero-order valence-corrected chi connectivity index (χ0v) is 12.2. The predicted octanol–water partition coefficient (Wildman–Crippen LogP) is 2.66. The lowest BCUT2D eigenvalue weighted by Gasteiger charge is -2.10. The summed E-state index contributed by atoms with van der Waals surface area (Å²) in [6.07, 6.45) is 0. The molecule has 5 nitrogen and oxygen atoms in total. The van der Waals surface area contributed by atoms with E-state index in [1.807, 2.05) is 37.3 Å². The van der Waals surface area contributed by atoms with E-state index < -0.39 is 0 Å². The third kappa shape index (κ3) is 4.18. The van der Waals surface area contributed by atoms with Crippen molar-refractivity contribution in [2.75, 3.05) is 23.7 Å². The SMILES string of the molecule is Cc1nc(NCCN)cc(Nc2cccc(Br)c2)n1. The molecule has 0 amide bonds. The van der Waals surface area contributed by atoms with Gasteiger partial charge in [-0.2, -0.15) is 0 Å². The number of nitrogens with zero attached hydrogens (tertiary/aromatic N) is 2. The summed E-state index contributed by atoms with van der Waals surface area (Å²) in [5.74, 6) is 2.24. The average Bonchev–Trinajstić information content (AvgIpc) is 2.35. The van der Waals surface area contributed by atoms with Crippen LogP contribution < -0.4 is 16.4 Å². The molecule has 0 saturated heterocycles. The summed E-state index contributed by atoms with van der Waals surface area (Å²) in [5.41, 5.74) is 6.44. The highest BCUT2D eigenvalue weighted by Gasteiger charge is 2.02. The zero-order valence-electron chi connectivity index (χ0n) is 10.7. The molecule has 0 spiro atoms. The van der Waals surface area contributed by atoms with Crippen LogP contribution in [0, 0.1) is 6.92 Å². The van der Waals surface area contributed by atoms with Gasteiger partial charge in [0.25, 0.3) is 0 Å². The minimum Gasteiger partial charge on any atom is -0.369 e. The number of nitrogens with one attached hydrogen (secondary N) is 2. The Kier molecular flexibility index (Phi) is 4.70. The summed E-state index contributed by atoms with van der Waals surface area (Å²) in [5, 5.41) is 6.40. The van der Waals surface area contributed by atoms with Crippen LogP contribution in [0.15, 0.2) is 34.8 Å². The van der Waals surface area contributed by atoms with Gasteiger partial charge in [-0.1, -0.05) is 22.0 Å². The monoisotopic (exact) mass is 321 g/mol. The number of nitrogens with two attached hydrogens (primary N) is 1. The largest absolute Gasteiger partial charge is 0.369 e. The lowest BCUT2D eigenvalue weighted by Crippen LogP contribution is -2.14. The van der Waals surface area contributed by atoms with E-state index in [0.717, 1.165) is 21.8 Å². The first-order chi connectivity index (χ1) is 9.17. The maximum absolute atomic E-state index is 5.47. The molecule has 0 bridgehead atoms. The van der Waals surface area contributed by atoms with Gasteiger partial charge in [0, 0.05) is 29.3 Å². The first kappa shape index (κ1) is 13.8. The van der Waals surface area contributed by atoms with Gasteiger partial charge < -0.3 is 16.4 Å². The lowest BCUT2D eigenvalue weighted by molar-refractivity contribution is 0.987. The van der Waals surface area contributed by atoms with Crippen LogP contribution in [0.2, 0.25) is 0 Å². The van der Waals surface area contributed by atoms with E-state index in [0.29, 0.717) is 18.9 Å². The van der Waals surface area contributed by atoms with Crippen molar-refractivity contribution in [3.63, 3.8) is 0 Å². The van der Waals surface area contributed by atoms with E-state index in [1.165, 1.54) is 0 Å². The van der Waals surface area contributed by atoms with Gasteiger partial charge >= 0.3 is 0 Å². The molecule has 0 fully saturated rings. The molecule has 0 radical (unpaired) electrons. The molecule has 0 aliphatic carbocycles. The Bertz CT molecular complexity index is 558. The average molecular weight is 322 g/mol. The molecule has 1 aromatic heterocycles. The molecule has 4 N–H and O–H groups in total. The van der Waals surface area contributed by atoms with Crippen molar-refractivity contribution in [3.8, 4) is 0 Å². The molecule has 0 aliphatic rings. The van der Waals surface area contributed by atoms with Crippen molar-refractivity contribution in [3.05, 3.63) is 40.6 Å². The molecule has 1 aromatic carbocycles. The molecular weight excluding hydrogens is 306 g/mol. The zero-order chi connectivity index (χ0) is 13.7. The number of rotatable bonds is 5. The van der Waals surface area contributed by atoms with Gasteiger partial charge in [-0.3, -0.25) is 0 Å². The second-order valence-corrected chi connectivity index (χ2v) is 4.95. The number of halogens is 1. The van der Waals surface area contributed by atoms with Crippen LogP contribution >= 0.6 is 15.9 Å². The van der Waals surface area contributed by atoms with Gasteiger partial charge in [-0.15, -0.1) is 0 Å². The third-order valence-electron chi connectivity index (χ3n) is 2.39. The van der Waals surface area contributed by atoms with Crippen LogP contribution in [0.4, 0.5) is 17.3 Å². The quantitative estimate of drug-likeness (QED) is 0.789. The minimum atomic E-state index is 0.567. The van der Waals surface area contributed by atoms with Gasteiger partial charge in [-0.05, 0) is 25.1 Å². The summed E-state index contributed by atoms with van der Waals surface area (Å²) >= 11 is 3.44. The van der Waals surface area contributed by atoms with Crippen molar-refractivity contribution < 1.29 is 0 Å². The fraction of sp³-hybridized carbons (Fsp3) is 0.231. The lowest BCUT2D eigenvalue weighted by atomic mass is 10.3. The normalized spacial score (nSPS) is 10.3. The highest BCUT2D eigenvalue weighted by atomic mass is 79.9. The number of hydrogen-bond acceptors (Lipinski definition) is 5. The van der Waals surface area contributed by atoms with E-state index >= 15 is 0 Å². The molecule has 19 heavy (non-hydrogen) atoms. The molecule has 1 heterocycles. The maximum atomic E-state index is 5.47. The molecule has 2 aromatic rings. The predicted molar refractivity (Wildman–Crippen MR) is 81.7 cm³/mol. The van der Waals surface area contributed by atoms with Crippen LogP contribution in [0.25, 0.3) is 0 Å². The molecule has 0 saturated carbocycles. The summed E-state index contributed by atoms with van der Waals surface area (Å²) in [6.45, 7) is 3.12. The molecule has 2 rings (SSSR count). The first-order valence-electron chi connectivity index (χ1n) is 5.99. The van der Waals surface area contributed by atoms with Crippen LogP contribution in [-0.4, -0.2) is 23.1 Å². The van der Waals surface area contributed by atoms with Gasteiger partial charge in [-0.25, -0.2) is 9.97 Å². The molecule has 0 aliphatic heterocycles. The van der Waals surface area contributed by atoms with Crippen LogP contribution in [0.3, 0.4) is 0 Å². The molecule has 0 unspecified atom stereocenters. The Morgan fingerprint density at radius 3 is 2.74 bits per heavy atom. The van der Waals surface area contributed by atoms with E-state index in [9.17, 15) is 0 Å². The summed E-state index contributed by atoms with van der Waals surface area (Å²) in [4.78, 5) is 8.66. The fourth-order valence-corrected chi connectivity index (χ4v) is 2.04. The Morgan fingerprint density at radius 1 is 1.21 bits per heavy atom. The maximum Gasteiger partial charge on any atom is 0.136 e. The van der Waals surface area contributed by atoms with E-state index in [-0.39, 0.29) is 0 Å². The summed E-state index contributed by atoms with van der Waals surface area (Å²) in [6, 6.07) is 9.78. The second-order valence-electron chi connectivity index (χ2n) is 4.04. The van der Waals surface area contributed by atoms with Crippen molar-refractivity contribution >= 4 is 33.3 Å². The topological polar surface area (TPSA) is 75.9 Å². The van der Waals surface area contributed by atoms with Gasteiger partial charge in [0.1, 0.15) is 17.5 Å². The highest BCUT2D eigenvalue weighted by molar-refractivity contribution is 9.10. The van der Waals surface area contributed by atoms with Gasteiger partial charge in [0.2, 0.25) is 0 Å². The Hall–Kier alpha value is -1.66. The molecular formula is C13H16BrN5. The third-order valence-corrected chi connectivity index (χ3v) is 2.88. The Labute approximate surface area is 120 Å². The Morgan fingerprint density at radius 2 is 2.00 bits per heavy atom. The van der Waals surface area contributed by atoms with E-state index in [4.69, 9.17) is 5.73 Å². The minimum absolute atomic E-state index is 0.567. The second kappa shape index (κ2) is 6.49. The first-order valence-corrected chi connectivity index (χ1v) is 6.79. The number of anilines is 3. The molecule has 100 valence electrons. The smallest absolute Gasteiger partial charge is 0.136 e. The van der Waals surface area contributed by atoms with Crippen LogP contribution in [0.5, 0.6) is 0 Å². The molecule has 6 heteroatoms. The van der Waals surface area contributed by atoms with Crippen LogP contribution in [0.1, 0.15) is 5.82 Å². The number of benzene rings is 1. The summed E-state index contributed by atoms with van der Waals surface area (Å²) < 4.78 is 1.02. The number of aromatic nitrogens is 2. The van der Waals surface area contributed by atoms with Crippen LogP contribution in [-0.2, 0) is 0 Å². The van der Waals surface area contributed by atoms with Crippen molar-refractivity contribution in [2.45, 2.75) is 6.92 Å². The van der Waals surface area contributed by atoms with Crippen molar-refractivity contribution in [1.82, 2.24) is 9.97 Å². The van der Waals surface area contributed by atoms with Crippen molar-refractivity contribution in [1.29, 1.82) is 0 Å². The number of aryl methyl sites for hydroxylation is 1. The number of hydrogen-bond donors (Lipinski definition) is 3. The van der Waals surface area contributed by atoms with Gasteiger partial charge in [0.15, 0.2) is 0 Å². The van der Waals surface area contributed by atoms with E-state index in [1.54, 1.807) is 0 Å². The fourth-order valence-electron chi connectivity index (χ4n) is 1.64. The highest BCUT2D eigenvalue weighted by Crippen LogP contribution is 2.20.